The largest absolute Gasteiger partial charge is 0.352 e. The molecule has 2 aromatic carbocycles. The molecule has 0 bridgehead atoms. The van der Waals surface area contributed by atoms with Crippen LogP contribution in [-0.4, -0.2) is 34.6 Å². The molecule has 0 saturated heterocycles. The monoisotopic (exact) mass is 512 g/mol. The van der Waals surface area contributed by atoms with Crippen molar-refractivity contribution in [3.63, 3.8) is 0 Å². The van der Waals surface area contributed by atoms with Crippen LogP contribution in [0, 0.1) is 0 Å². The average Bonchev–Trinajstić information content (AvgIpc) is 3.28. The Morgan fingerprint density at radius 1 is 1.06 bits per heavy atom. The molecule has 0 spiro atoms. The van der Waals surface area contributed by atoms with Crippen LogP contribution in [0.5, 0.6) is 0 Å². The second kappa shape index (κ2) is 12.2. The molecule has 1 aliphatic rings. The molecule has 0 aliphatic heterocycles. The van der Waals surface area contributed by atoms with Crippen molar-refractivity contribution in [2.75, 3.05) is 5.75 Å². The summed E-state index contributed by atoms with van der Waals surface area (Å²) in [5, 5.41) is 4.68. The smallest absolute Gasteiger partial charge is 0.243 e. The van der Waals surface area contributed by atoms with Gasteiger partial charge in [0.25, 0.3) is 0 Å². The van der Waals surface area contributed by atoms with E-state index < -0.39 is 6.04 Å². The van der Waals surface area contributed by atoms with Crippen LogP contribution in [0.15, 0.2) is 47.4 Å². The second-order valence-electron chi connectivity index (χ2n) is 7.93. The quantitative estimate of drug-likeness (QED) is 0.384. The molecule has 1 saturated carbocycles. The van der Waals surface area contributed by atoms with Gasteiger partial charge in [-0.1, -0.05) is 60.6 Å². The van der Waals surface area contributed by atoms with Gasteiger partial charge in [0.15, 0.2) is 0 Å². The number of carbonyl (C=O) groups excluding carboxylic acids is 2. The highest BCUT2D eigenvalue weighted by Crippen LogP contribution is 2.26. The summed E-state index contributed by atoms with van der Waals surface area (Å²) in [7, 11) is 0. The van der Waals surface area contributed by atoms with E-state index in [0.29, 0.717) is 21.5 Å². The van der Waals surface area contributed by atoms with Crippen molar-refractivity contribution in [3.8, 4) is 0 Å². The number of halogens is 3. The molecule has 0 heterocycles. The fraction of sp³-hybridized carbons (Fsp3) is 0.417. The highest BCUT2D eigenvalue weighted by atomic mass is 35.5. The van der Waals surface area contributed by atoms with Crippen molar-refractivity contribution in [1.82, 2.24) is 10.2 Å². The molecule has 8 heteroatoms. The molecule has 1 N–H and O–H groups in total. The molecule has 2 amide bonds. The van der Waals surface area contributed by atoms with Gasteiger partial charge in [-0.05, 0) is 61.2 Å². The first-order chi connectivity index (χ1) is 15.4. The lowest BCUT2D eigenvalue weighted by molar-refractivity contribution is -0.139. The molecule has 1 aliphatic carbocycles. The predicted molar refractivity (Wildman–Crippen MR) is 134 cm³/mol. The van der Waals surface area contributed by atoms with Crippen LogP contribution in [0.3, 0.4) is 0 Å². The highest BCUT2D eigenvalue weighted by Gasteiger charge is 2.30. The maximum absolute atomic E-state index is 13.3. The maximum atomic E-state index is 13.3. The van der Waals surface area contributed by atoms with Crippen molar-refractivity contribution in [3.05, 3.63) is 63.1 Å². The molecule has 0 aromatic heterocycles. The Hall–Kier alpha value is -1.40. The Kier molecular flexibility index (Phi) is 9.60. The topological polar surface area (TPSA) is 49.4 Å². The third-order valence-electron chi connectivity index (χ3n) is 5.60. The zero-order valence-electron chi connectivity index (χ0n) is 18.0. The Balaban J connectivity index is 1.77. The Labute approximate surface area is 209 Å². The van der Waals surface area contributed by atoms with E-state index in [1.165, 1.54) is 11.8 Å². The number of hydrogen-bond donors (Lipinski definition) is 1. The van der Waals surface area contributed by atoms with Gasteiger partial charge in [-0.25, -0.2) is 0 Å². The molecular formula is C24H27Cl3N2O2S. The number of rotatable bonds is 9. The van der Waals surface area contributed by atoms with E-state index in [1.807, 2.05) is 25.1 Å². The van der Waals surface area contributed by atoms with Crippen LogP contribution in [0.1, 0.15) is 44.6 Å². The fourth-order valence-corrected chi connectivity index (χ4v) is 5.11. The number of amides is 2. The van der Waals surface area contributed by atoms with Gasteiger partial charge in [0.1, 0.15) is 6.04 Å². The molecule has 4 nitrogen and oxygen atoms in total. The second-order valence-corrected chi connectivity index (χ2v) is 10.2. The summed E-state index contributed by atoms with van der Waals surface area (Å²) in [4.78, 5) is 29.1. The molecule has 172 valence electrons. The zero-order valence-corrected chi connectivity index (χ0v) is 21.0. The van der Waals surface area contributed by atoms with E-state index in [1.54, 1.807) is 29.2 Å². The summed E-state index contributed by atoms with van der Waals surface area (Å²) < 4.78 is 0. The Bertz CT molecular complexity index is 933. The lowest BCUT2D eigenvalue weighted by Crippen LogP contribution is -2.51. The van der Waals surface area contributed by atoms with Gasteiger partial charge in [-0.3, -0.25) is 9.59 Å². The summed E-state index contributed by atoms with van der Waals surface area (Å²) in [6, 6.07) is 12.3. The number of nitrogens with one attached hydrogen (secondary N) is 1. The Morgan fingerprint density at radius 2 is 1.75 bits per heavy atom. The number of carbonyl (C=O) groups is 2. The molecule has 3 rings (SSSR count). The van der Waals surface area contributed by atoms with E-state index in [4.69, 9.17) is 34.8 Å². The molecular weight excluding hydrogens is 487 g/mol. The zero-order chi connectivity index (χ0) is 23.1. The molecule has 1 atom stereocenters. The highest BCUT2D eigenvalue weighted by molar-refractivity contribution is 8.00. The Morgan fingerprint density at radius 3 is 2.38 bits per heavy atom. The van der Waals surface area contributed by atoms with E-state index >= 15 is 0 Å². The summed E-state index contributed by atoms with van der Waals surface area (Å²) in [5.74, 6) is 0.0182. The van der Waals surface area contributed by atoms with E-state index in [2.05, 4.69) is 5.32 Å². The van der Waals surface area contributed by atoms with Gasteiger partial charge in [-0.15, -0.1) is 11.8 Å². The summed E-state index contributed by atoms with van der Waals surface area (Å²) in [6.07, 6.45) is 4.78. The van der Waals surface area contributed by atoms with E-state index in [-0.39, 0.29) is 30.2 Å². The number of nitrogens with zero attached hydrogens (tertiary/aromatic N) is 1. The first kappa shape index (κ1) is 25.2. The van der Waals surface area contributed by atoms with Gasteiger partial charge >= 0.3 is 0 Å². The predicted octanol–water partition coefficient (Wildman–Crippen LogP) is 6.61. The SMILES string of the molecule is CCC(C(=O)NC1CCCC1)N(Cc1ccc(Cl)c(Cl)c1)C(=O)CSc1ccc(Cl)cc1. The van der Waals surface area contributed by atoms with E-state index in [9.17, 15) is 9.59 Å². The van der Waals surface area contributed by atoms with Crippen molar-refractivity contribution in [2.24, 2.45) is 0 Å². The third-order valence-corrected chi connectivity index (χ3v) is 7.59. The first-order valence-corrected chi connectivity index (χ1v) is 12.9. The number of benzene rings is 2. The fourth-order valence-electron chi connectivity index (χ4n) is 3.88. The lowest BCUT2D eigenvalue weighted by Gasteiger charge is -2.31. The van der Waals surface area contributed by atoms with Gasteiger partial charge < -0.3 is 10.2 Å². The van der Waals surface area contributed by atoms with Crippen LogP contribution in [0.4, 0.5) is 0 Å². The third kappa shape index (κ3) is 7.05. The first-order valence-electron chi connectivity index (χ1n) is 10.8. The van der Waals surface area contributed by atoms with Gasteiger partial charge in [-0.2, -0.15) is 0 Å². The molecule has 0 radical (unpaired) electrons. The van der Waals surface area contributed by atoms with Crippen molar-refractivity contribution in [1.29, 1.82) is 0 Å². The number of hydrogen-bond acceptors (Lipinski definition) is 3. The number of thioether (sulfide) groups is 1. The summed E-state index contributed by atoms with van der Waals surface area (Å²) in [5.41, 5.74) is 0.830. The van der Waals surface area contributed by atoms with Crippen LogP contribution >= 0.6 is 46.6 Å². The van der Waals surface area contributed by atoms with Crippen LogP contribution in [0.25, 0.3) is 0 Å². The van der Waals surface area contributed by atoms with Crippen LogP contribution in [-0.2, 0) is 16.1 Å². The van der Waals surface area contributed by atoms with Crippen LogP contribution < -0.4 is 5.32 Å². The summed E-state index contributed by atoms with van der Waals surface area (Å²) in [6.45, 7) is 2.22. The standard InChI is InChI=1S/C24H27Cl3N2O2S/c1-2-22(24(31)28-18-5-3-4-6-18)29(14-16-7-12-20(26)21(27)13-16)23(30)15-32-19-10-8-17(25)9-11-19/h7-13,18,22H,2-6,14-15H2,1H3,(H,28,31). The minimum Gasteiger partial charge on any atom is -0.352 e. The van der Waals surface area contributed by atoms with Crippen molar-refractivity contribution in [2.45, 2.75) is 62.6 Å². The summed E-state index contributed by atoms with van der Waals surface area (Å²) >= 11 is 19.6. The van der Waals surface area contributed by atoms with Crippen LogP contribution in [0.2, 0.25) is 15.1 Å². The van der Waals surface area contributed by atoms with E-state index in [0.717, 1.165) is 36.1 Å². The van der Waals surface area contributed by atoms with Crippen molar-refractivity contribution >= 4 is 58.4 Å². The molecule has 2 aromatic rings. The van der Waals surface area contributed by atoms with Gasteiger partial charge in [0, 0.05) is 22.5 Å². The van der Waals surface area contributed by atoms with Gasteiger partial charge in [0.2, 0.25) is 11.8 Å². The minimum absolute atomic E-state index is 0.0932. The van der Waals surface area contributed by atoms with Crippen molar-refractivity contribution < 1.29 is 9.59 Å². The minimum atomic E-state index is -0.552. The average molecular weight is 514 g/mol. The normalized spacial score (nSPS) is 14.9. The lowest BCUT2D eigenvalue weighted by atomic mass is 10.1. The molecule has 1 fully saturated rings. The molecule has 32 heavy (non-hydrogen) atoms. The maximum Gasteiger partial charge on any atom is 0.243 e. The van der Waals surface area contributed by atoms with Gasteiger partial charge in [0.05, 0.1) is 15.8 Å². The molecule has 1 unspecified atom stereocenters.